The topological polar surface area (TPSA) is 90.7 Å². The third kappa shape index (κ3) is 5.20. The van der Waals surface area contributed by atoms with Crippen molar-refractivity contribution in [3.8, 4) is 11.5 Å². The number of hydrogen-bond donors (Lipinski definition) is 1. The first-order valence-electron chi connectivity index (χ1n) is 7.82. The highest BCUT2D eigenvalue weighted by Crippen LogP contribution is 2.27. The molecule has 7 nitrogen and oxygen atoms in total. The maximum Gasteiger partial charge on any atom is 0.310 e. The van der Waals surface area contributed by atoms with E-state index in [-0.39, 0.29) is 30.4 Å². The summed E-state index contributed by atoms with van der Waals surface area (Å²) in [5.74, 6) is 0.624. The molecular weight excluding hydrogens is 324 g/mol. The van der Waals surface area contributed by atoms with Gasteiger partial charge in [0.25, 0.3) is 0 Å². The van der Waals surface area contributed by atoms with Gasteiger partial charge in [-0.3, -0.25) is 14.9 Å². The standard InChI is InChI=1S/C18H20N2O5/c1-13-9-10-16(24-2)14(12-13)19-18(21)8-5-11-25-17-7-4-3-6-15(17)20(22)23/h3-4,6-7,9-10,12H,5,8,11H2,1-2H3,(H,19,21). The van der Waals surface area contributed by atoms with Crippen molar-refractivity contribution >= 4 is 17.3 Å². The van der Waals surface area contributed by atoms with E-state index in [0.717, 1.165) is 5.56 Å². The molecule has 0 aliphatic rings. The van der Waals surface area contributed by atoms with Gasteiger partial charge in [-0.15, -0.1) is 0 Å². The molecule has 0 heterocycles. The summed E-state index contributed by atoms with van der Waals surface area (Å²) in [7, 11) is 1.54. The van der Waals surface area contributed by atoms with Crippen LogP contribution in [0.15, 0.2) is 42.5 Å². The zero-order valence-corrected chi connectivity index (χ0v) is 14.2. The molecule has 2 aromatic carbocycles. The Balaban J connectivity index is 1.84. The second-order valence-electron chi connectivity index (χ2n) is 5.43. The molecule has 1 amide bonds. The molecule has 25 heavy (non-hydrogen) atoms. The zero-order valence-electron chi connectivity index (χ0n) is 14.2. The average Bonchev–Trinajstić information content (AvgIpc) is 2.59. The SMILES string of the molecule is COc1ccc(C)cc1NC(=O)CCCOc1ccccc1[N+](=O)[O-]. The van der Waals surface area contributed by atoms with Gasteiger partial charge in [-0.1, -0.05) is 18.2 Å². The summed E-state index contributed by atoms with van der Waals surface area (Å²) >= 11 is 0. The minimum Gasteiger partial charge on any atom is -0.495 e. The molecule has 2 aromatic rings. The van der Waals surface area contributed by atoms with Gasteiger partial charge in [-0.2, -0.15) is 0 Å². The third-order valence-corrected chi connectivity index (χ3v) is 3.50. The van der Waals surface area contributed by atoms with Crippen molar-refractivity contribution in [1.82, 2.24) is 0 Å². The monoisotopic (exact) mass is 344 g/mol. The number of rotatable bonds is 8. The highest BCUT2D eigenvalue weighted by molar-refractivity contribution is 5.92. The lowest BCUT2D eigenvalue weighted by Crippen LogP contribution is -2.13. The predicted octanol–water partition coefficient (Wildman–Crippen LogP) is 3.71. The van der Waals surface area contributed by atoms with E-state index in [1.54, 1.807) is 25.3 Å². The Morgan fingerprint density at radius 2 is 1.96 bits per heavy atom. The molecule has 0 bridgehead atoms. The Kier molecular flexibility index (Phi) is 6.33. The van der Waals surface area contributed by atoms with Gasteiger partial charge in [-0.25, -0.2) is 0 Å². The molecule has 0 atom stereocenters. The van der Waals surface area contributed by atoms with Gasteiger partial charge in [0.15, 0.2) is 5.75 Å². The fourth-order valence-electron chi connectivity index (χ4n) is 2.28. The summed E-state index contributed by atoms with van der Waals surface area (Å²) in [5.41, 5.74) is 1.54. The molecule has 0 aliphatic carbocycles. The zero-order chi connectivity index (χ0) is 18.2. The Hall–Kier alpha value is -3.09. The minimum atomic E-state index is -0.494. The second kappa shape index (κ2) is 8.68. The number of para-hydroxylation sites is 2. The number of amides is 1. The van der Waals surface area contributed by atoms with Gasteiger partial charge >= 0.3 is 5.69 Å². The van der Waals surface area contributed by atoms with Crippen molar-refractivity contribution < 1.29 is 19.2 Å². The van der Waals surface area contributed by atoms with Crippen molar-refractivity contribution in [1.29, 1.82) is 0 Å². The Labute approximate surface area is 145 Å². The number of carbonyl (C=O) groups excluding carboxylic acids is 1. The van der Waals surface area contributed by atoms with Crippen LogP contribution in [0.1, 0.15) is 18.4 Å². The van der Waals surface area contributed by atoms with Crippen LogP contribution >= 0.6 is 0 Å². The number of aryl methyl sites for hydroxylation is 1. The van der Waals surface area contributed by atoms with Crippen molar-refractivity contribution in [2.24, 2.45) is 0 Å². The molecule has 0 aromatic heterocycles. The van der Waals surface area contributed by atoms with Gasteiger partial charge in [0.05, 0.1) is 24.3 Å². The van der Waals surface area contributed by atoms with Gasteiger partial charge < -0.3 is 14.8 Å². The second-order valence-corrected chi connectivity index (χ2v) is 5.43. The molecule has 0 spiro atoms. The number of anilines is 1. The van der Waals surface area contributed by atoms with E-state index in [1.807, 2.05) is 19.1 Å². The summed E-state index contributed by atoms with van der Waals surface area (Å²) < 4.78 is 10.6. The van der Waals surface area contributed by atoms with E-state index in [1.165, 1.54) is 12.1 Å². The van der Waals surface area contributed by atoms with E-state index in [0.29, 0.717) is 17.9 Å². The molecule has 1 N–H and O–H groups in total. The lowest BCUT2D eigenvalue weighted by atomic mass is 10.2. The number of nitrogens with zero attached hydrogens (tertiary/aromatic N) is 1. The molecule has 132 valence electrons. The molecule has 2 rings (SSSR count). The molecule has 7 heteroatoms. The van der Waals surface area contributed by atoms with E-state index in [2.05, 4.69) is 5.32 Å². The van der Waals surface area contributed by atoms with Gasteiger partial charge in [0, 0.05) is 12.5 Å². The summed E-state index contributed by atoms with van der Waals surface area (Å²) in [6.07, 6.45) is 0.670. The van der Waals surface area contributed by atoms with Crippen molar-refractivity contribution in [3.05, 3.63) is 58.1 Å². The number of methoxy groups -OCH3 is 1. The lowest BCUT2D eigenvalue weighted by molar-refractivity contribution is -0.385. The summed E-state index contributed by atoms with van der Waals surface area (Å²) in [6.45, 7) is 2.14. The molecule has 0 saturated heterocycles. The summed E-state index contributed by atoms with van der Waals surface area (Å²) in [6, 6.07) is 11.7. The van der Waals surface area contributed by atoms with Crippen LogP contribution in [0.5, 0.6) is 11.5 Å². The third-order valence-electron chi connectivity index (χ3n) is 3.50. The van der Waals surface area contributed by atoms with Crippen LogP contribution in [-0.4, -0.2) is 24.5 Å². The van der Waals surface area contributed by atoms with Crippen molar-refractivity contribution in [3.63, 3.8) is 0 Å². The molecule has 0 aliphatic heterocycles. The molecule has 0 saturated carbocycles. The van der Waals surface area contributed by atoms with Crippen molar-refractivity contribution in [2.45, 2.75) is 19.8 Å². The van der Waals surface area contributed by atoms with Crippen LogP contribution < -0.4 is 14.8 Å². The number of benzene rings is 2. The lowest BCUT2D eigenvalue weighted by Gasteiger charge is -2.11. The number of nitro groups is 1. The van der Waals surface area contributed by atoms with E-state index >= 15 is 0 Å². The maximum absolute atomic E-state index is 12.0. The number of nitro benzene ring substituents is 1. The van der Waals surface area contributed by atoms with Gasteiger partial charge in [-0.05, 0) is 37.1 Å². The number of ether oxygens (including phenoxy) is 2. The molecular formula is C18H20N2O5. The highest BCUT2D eigenvalue weighted by Gasteiger charge is 2.13. The van der Waals surface area contributed by atoms with Crippen LogP contribution in [0.25, 0.3) is 0 Å². The fraction of sp³-hybridized carbons (Fsp3) is 0.278. The Morgan fingerprint density at radius 3 is 2.68 bits per heavy atom. The van der Waals surface area contributed by atoms with Crippen LogP contribution in [0.2, 0.25) is 0 Å². The highest BCUT2D eigenvalue weighted by atomic mass is 16.6. The van der Waals surface area contributed by atoms with Crippen molar-refractivity contribution in [2.75, 3.05) is 19.0 Å². The Morgan fingerprint density at radius 1 is 1.20 bits per heavy atom. The Bertz CT molecular complexity index is 761. The normalized spacial score (nSPS) is 10.2. The first-order chi connectivity index (χ1) is 12.0. The number of carbonyl (C=O) groups is 1. The van der Waals surface area contributed by atoms with E-state index < -0.39 is 4.92 Å². The first kappa shape index (κ1) is 18.3. The first-order valence-corrected chi connectivity index (χ1v) is 7.82. The smallest absolute Gasteiger partial charge is 0.310 e. The van der Waals surface area contributed by atoms with E-state index in [9.17, 15) is 14.9 Å². The van der Waals surface area contributed by atoms with E-state index in [4.69, 9.17) is 9.47 Å². The molecule has 0 unspecified atom stereocenters. The number of hydrogen-bond acceptors (Lipinski definition) is 5. The maximum atomic E-state index is 12.0. The summed E-state index contributed by atoms with van der Waals surface area (Å²) in [5, 5.41) is 13.7. The summed E-state index contributed by atoms with van der Waals surface area (Å²) in [4.78, 5) is 22.5. The minimum absolute atomic E-state index is 0.0866. The average molecular weight is 344 g/mol. The van der Waals surface area contributed by atoms with Crippen LogP contribution in [-0.2, 0) is 4.79 Å². The van der Waals surface area contributed by atoms with Crippen LogP contribution in [0, 0.1) is 17.0 Å². The molecule has 0 radical (unpaired) electrons. The van der Waals surface area contributed by atoms with Crippen LogP contribution in [0.3, 0.4) is 0 Å². The van der Waals surface area contributed by atoms with Gasteiger partial charge in [0.2, 0.25) is 5.91 Å². The number of nitrogens with one attached hydrogen (secondary N) is 1. The largest absolute Gasteiger partial charge is 0.495 e. The fourth-order valence-corrected chi connectivity index (χ4v) is 2.28. The van der Waals surface area contributed by atoms with Gasteiger partial charge in [0.1, 0.15) is 5.75 Å². The predicted molar refractivity (Wildman–Crippen MR) is 94.2 cm³/mol. The van der Waals surface area contributed by atoms with Crippen LogP contribution in [0.4, 0.5) is 11.4 Å². The quantitative estimate of drug-likeness (QED) is 0.448. The molecule has 0 fully saturated rings.